The van der Waals surface area contributed by atoms with Crippen molar-refractivity contribution >= 4 is 34.5 Å². The number of aromatic nitrogens is 4. The van der Waals surface area contributed by atoms with E-state index in [1.165, 1.54) is 11.8 Å². The molecular weight excluding hydrogens is 388 g/mol. The fourth-order valence-electron chi connectivity index (χ4n) is 2.86. The van der Waals surface area contributed by atoms with Gasteiger partial charge in [0.25, 0.3) is 0 Å². The van der Waals surface area contributed by atoms with Crippen molar-refractivity contribution < 1.29 is 9.53 Å². The predicted molar refractivity (Wildman–Crippen MR) is 115 cm³/mol. The molecule has 1 amide bonds. The topological polar surface area (TPSA) is 94.0 Å². The van der Waals surface area contributed by atoms with Crippen LogP contribution in [0.5, 0.6) is 0 Å². The number of anilines is 1. The van der Waals surface area contributed by atoms with E-state index in [0.29, 0.717) is 44.4 Å². The van der Waals surface area contributed by atoms with Crippen LogP contribution in [0.25, 0.3) is 11.0 Å². The predicted octanol–water partition coefficient (Wildman–Crippen LogP) is 2.36. The second-order valence-corrected chi connectivity index (χ2v) is 7.07. The van der Waals surface area contributed by atoms with Gasteiger partial charge in [-0.15, -0.1) is 0 Å². The molecule has 2 aromatic heterocycles. The molecule has 0 radical (unpaired) electrons. The maximum Gasteiger partial charge on any atom is 0.224 e. The summed E-state index contributed by atoms with van der Waals surface area (Å²) in [5.41, 5.74) is 1.75. The zero-order valence-electron chi connectivity index (χ0n) is 16.7. The van der Waals surface area contributed by atoms with Gasteiger partial charge in [-0.25, -0.2) is 14.6 Å². The maximum absolute atomic E-state index is 12.1. The number of carbonyl (C=O) groups is 1. The number of benzene rings is 1. The summed E-state index contributed by atoms with van der Waals surface area (Å²) < 4.78 is 7.17. The minimum atomic E-state index is -0.00892. The number of ether oxygens (including phenoxy) is 1. The molecular formula is C20H26N6O2S. The van der Waals surface area contributed by atoms with E-state index in [1.807, 2.05) is 43.5 Å². The van der Waals surface area contributed by atoms with Crippen molar-refractivity contribution in [1.82, 2.24) is 25.1 Å². The zero-order chi connectivity index (χ0) is 20.5. The third-order valence-corrected chi connectivity index (χ3v) is 4.80. The SMILES string of the molecule is CCOCCNc1nc(SC)nc2c1cnn2CCNC(=O)Cc1ccccc1. The zero-order valence-corrected chi connectivity index (χ0v) is 17.5. The summed E-state index contributed by atoms with van der Waals surface area (Å²) in [4.78, 5) is 21.3. The van der Waals surface area contributed by atoms with Crippen LogP contribution in [-0.4, -0.2) is 58.2 Å². The average Bonchev–Trinajstić information content (AvgIpc) is 3.15. The lowest BCUT2D eigenvalue weighted by Crippen LogP contribution is -2.28. The number of hydrogen-bond donors (Lipinski definition) is 2. The first-order chi connectivity index (χ1) is 14.2. The van der Waals surface area contributed by atoms with Gasteiger partial charge in [0.1, 0.15) is 5.82 Å². The van der Waals surface area contributed by atoms with E-state index in [1.54, 1.807) is 10.9 Å². The Morgan fingerprint density at radius 1 is 1.21 bits per heavy atom. The fourth-order valence-corrected chi connectivity index (χ4v) is 3.22. The molecule has 0 bridgehead atoms. The van der Waals surface area contributed by atoms with E-state index < -0.39 is 0 Å². The lowest BCUT2D eigenvalue weighted by molar-refractivity contribution is -0.120. The van der Waals surface area contributed by atoms with Gasteiger partial charge in [-0.3, -0.25) is 4.79 Å². The number of amides is 1. The Labute approximate surface area is 174 Å². The van der Waals surface area contributed by atoms with Gasteiger partial charge in [0, 0.05) is 19.7 Å². The van der Waals surface area contributed by atoms with Crippen molar-refractivity contribution in [2.75, 3.05) is 37.9 Å². The quantitative estimate of drug-likeness (QED) is 0.283. The van der Waals surface area contributed by atoms with Gasteiger partial charge in [-0.05, 0) is 18.7 Å². The summed E-state index contributed by atoms with van der Waals surface area (Å²) >= 11 is 1.48. The van der Waals surface area contributed by atoms with Crippen molar-refractivity contribution in [2.45, 2.75) is 25.0 Å². The maximum atomic E-state index is 12.1. The largest absolute Gasteiger partial charge is 0.380 e. The molecule has 29 heavy (non-hydrogen) atoms. The molecule has 1 aromatic carbocycles. The van der Waals surface area contributed by atoms with E-state index in [0.717, 1.165) is 22.4 Å². The second-order valence-electron chi connectivity index (χ2n) is 6.30. The van der Waals surface area contributed by atoms with Gasteiger partial charge in [0.05, 0.1) is 31.2 Å². The van der Waals surface area contributed by atoms with E-state index in [2.05, 4.69) is 25.7 Å². The second kappa shape index (κ2) is 10.8. The van der Waals surface area contributed by atoms with Gasteiger partial charge in [-0.1, -0.05) is 42.1 Å². The van der Waals surface area contributed by atoms with Crippen LogP contribution in [0, 0.1) is 0 Å². The number of nitrogens with one attached hydrogen (secondary N) is 2. The molecule has 0 aliphatic rings. The molecule has 2 heterocycles. The summed E-state index contributed by atoms with van der Waals surface area (Å²) in [6.45, 7) is 4.94. The van der Waals surface area contributed by atoms with E-state index in [9.17, 15) is 4.79 Å². The Hall–Kier alpha value is -2.65. The van der Waals surface area contributed by atoms with Gasteiger partial charge >= 0.3 is 0 Å². The van der Waals surface area contributed by atoms with Gasteiger partial charge in [-0.2, -0.15) is 5.10 Å². The molecule has 9 heteroatoms. The molecule has 0 aliphatic heterocycles. The Morgan fingerprint density at radius 2 is 2.03 bits per heavy atom. The molecule has 0 aliphatic carbocycles. The Morgan fingerprint density at radius 3 is 2.79 bits per heavy atom. The average molecular weight is 415 g/mol. The van der Waals surface area contributed by atoms with Crippen LogP contribution in [-0.2, 0) is 22.5 Å². The standard InChI is InChI=1S/C20H26N6O2S/c1-3-28-12-10-22-18-16-14-23-26(19(16)25-20(24-18)29-2)11-9-21-17(27)13-15-7-5-4-6-8-15/h4-8,14H,3,9-13H2,1-2H3,(H,21,27)(H,22,24,25). The number of rotatable bonds is 11. The normalized spacial score (nSPS) is 11.0. The van der Waals surface area contributed by atoms with Crippen LogP contribution in [0.3, 0.4) is 0 Å². The summed E-state index contributed by atoms with van der Waals surface area (Å²) in [6, 6.07) is 9.70. The number of fused-ring (bicyclic) bond motifs is 1. The highest BCUT2D eigenvalue weighted by Gasteiger charge is 2.13. The van der Waals surface area contributed by atoms with Crippen LogP contribution in [0.15, 0.2) is 41.7 Å². The number of thioether (sulfide) groups is 1. The van der Waals surface area contributed by atoms with Crippen molar-refractivity contribution in [2.24, 2.45) is 0 Å². The molecule has 3 aromatic rings. The number of carbonyl (C=O) groups excluding carboxylic acids is 1. The van der Waals surface area contributed by atoms with Gasteiger partial charge in [0.2, 0.25) is 5.91 Å². The first kappa shape index (κ1) is 21.1. The molecule has 3 rings (SSSR count). The van der Waals surface area contributed by atoms with E-state index in [4.69, 9.17) is 4.74 Å². The van der Waals surface area contributed by atoms with Crippen LogP contribution in [0.1, 0.15) is 12.5 Å². The summed E-state index contributed by atoms with van der Waals surface area (Å²) in [5.74, 6) is 0.740. The van der Waals surface area contributed by atoms with Gasteiger partial charge < -0.3 is 15.4 Å². The summed E-state index contributed by atoms with van der Waals surface area (Å²) in [7, 11) is 0. The number of nitrogens with zero attached hydrogens (tertiary/aromatic N) is 4. The molecule has 0 fully saturated rings. The highest BCUT2D eigenvalue weighted by molar-refractivity contribution is 7.98. The molecule has 0 saturated carbocycles. The van der Waals surface area contributed by atoms with Crippen LogP contribution < -0.4 is 10.6 Å². The smallest absolute Gasteiger partial charge is 0.224 e. The molecule has 0 saturated heterocycles. The van der Waals surface area contributed by atoms with Gasteiger partial charge in [0.15, 0.2) is 10.8 Å². The Kier molecular flexibility index (Phi) is 7.83. The first-order valence-corrected chi connectivity index (χ1v) is 10.8. The molecule has 8 nitrogen and oxygen atoms in total. The molecule has 0 spiro atoms. The van der Waals surface area contributed by atoms with Crippen LogP contribution in [0.2, 0.25) is 0 Å². The molecule has 2 N–H and O–H groups in total. The third kappa shape index (κ3) is 5.91. The van der Waals surface area contributed by atoms with Crippen LogP contribution >= 0.6 is 11.8 Å². The number of hydrogen-bond acceptors (Lipinski definition) is 7. The highest BCUT2D eigenvalue weighted by Crippen LogP contribution is 2.23. The lowest BCUT2D eigenvalue weighted by Gasteiger charge is -2.09. The van der Waals surface area contributed by atoms with Crippen molar-refractivity contribution in [1.29, 1.82) is 0 Å². The molecule has 0 atom stereocenters. The van der Waals surface area contributed by atoms with Crippen molar-refractivity contribution in [3.63, 3.8) is 0 Å². The van der Waals surface area contributed by atoms with E-state index in [-0.39, 0.29) is 5.91 Å². The minimum absolute atomic E-state index is 0.00892. The van der Waals surface area contributed by atoms with Crippen molar-refractivity contribution in [3.8, 4) is 0 Å². The third-order valence-electron chi connectivity index (χ3n) is 4.25. The summed E-state index contributed by atoms with van der Waals surface area (Å²) in [5, 5.41) is 12.2. The Balaban J connectivity index is 1.62. The van der Waals surface area contributed by atoms with Crippen LogP contribution in [0.4, 0.5) is 5.82 Å². The highest BCUT2D eigenvalue weighted by atomic mass is 32.2. The first-order valence-electron chi connectivity index (χ1n) is 9.61. The lowest BCUT2D eigenvalue weighted by atomic mass is 10.1. The molecule has 154 valence electrons. The molecule has 0 unspecified atom stereocenters. The Bertz CT molecular complexity index is 931. The fraction of sp³-hybridized carbons (Fsp3) is 0.400. The monoisotopic (exact) mass is 414 g/mol. The minimum Gasteiger partial charge on any atom is -0.380 e. The summed E-state index contributed by atoms with van der Waals surface area (Å²) in [6.07, 6.45) is 4.07. The van der Waals surface area contributed by atoms with E-state index >= 15 is 0 Å². The van der Waals surface area contributed by atoms with Crippen molar-refractivity contribution in [3.05, 3.63) is 42.1 Å².